The summed E-state index contributed by atoms with van der Waals surface area (Å²) in [6, 6.07) is 12.7. The molecule has 0 fully saturated rings. The molecule has 0 bridgehead atoms. The second-order valence-corrected chi connectivity index (χ2v) is 4.73. The molecule has 0 saturated carbocycles. The summed E-state index contributed by atoms with van der Waals surface area (Å²) in [6.45, 7) is 0. The molecule has 0 radical (unpaired) electrons. The highest BCUT2D eigenvalue weighted by Gasteiger charge is 2.12. The number of benzene rings is 2. The Hall–Kier alpha value is -1.76. The first kappa shape index (κ1) is 13.7. The average Bonchev–Trinajstić information content (AvgIpc) is 2.41. The van der Waals surface area contributed by atoms with E-state index in [1.54, 1.807) is 24.3 Å². The van der Waals surface area contributed by atoms with Gasteiger partial charge in [-0.3, -0.25) is 0 Å². The summed E-state index contributed by atoms with van der Waals surface area (Å²) in [5.74, 6) is -0.506. The van der Waals surface area contributed by atoms with E-state index in [1.807, 2.05) is 0 Å². The van der Waals surface area contributed by atoms with Crippen LogP contribution in [0.5, 0.6) is 0 Å². The van der Waals surface area contributed by atoms with Crippen molar-refractivity contribution in [1.29, 1.82) is 5.26 Å². The van der Waals surface area contributed by atoms with Gasteiger partial charge in [-0.1, -0.05) is 29.3 Å². The van der Waals surface area contributed by atoms with Gasteiger partial charge in [-0.05, 0) is 42.0 Å². The molecule has 0 aliphatic heterocycles. The summed E-state index contributed by atoms with van der Waals surface area (Å²) in [5.41, 5.74) is 1.35. The largest absolute Gasteiger partial charge is 0.366 e. The lowest BCUT2D eigenvalue weighted by Gasteiger charge is -2.13. The highest BCUT2D eigenvalue weighted by molar-refractivity contribution is 6.31. The lowest BCUT2D eigenvalue weighted by Crippen LogP contribution is -2.08. The molecule has 2 aromatic rings. The molecule has 5 heteroatoms. The summed E-state index contributed by atoms with van der Waals surface area (Å²) in [7, 11) is 0. The standard InChI is InChI=1S/C14H9Cl2FN2/c15-10-2-4-11(5-3-10)19-14(8-18)9-1-6-13(17)12(16)7-9/h1-7,14,19H. The minimum atomic E-state index is -0.612. The number of rotatable bonds is 3. The molecule has 0 heterocycles. The van der Waals surface area contributed by atoms with E-state index >= 15 is 0 Å². The molecule has 0 spiro atoms. The predicted octanol–water partition coefficient (Wildman–Crippen LogP) is 4.81. The number of anilines is 1. The Bertz CT molecular complexity index is 620. The van der Waals surface area contributed by atoms with Crippen molar-refractivity contribution < 1.29 is 4.39 Å². The van der Waals surface area contributed by atoms with E-state index in [-0.39, 0.29) is 5.02 Å². The molecule has 0 saturated heterocycles. The molecule has 1 atom stereocenters. The number of hydrogen-bond donors (Lipinski definition) is 1. The first-order valence-electron chi connectivity index (χ1n) is 5.47. The Morgan fingerprint density at radius 3 is 2.37 bits per heavy atom. The zero-order valence-corrected chi connectivity index (χ0v) is 11.2. The van der Waals surface area contributed by atoms with Crippen molar-refractivity contribution in [2.24, 2.45) is 0 Å². The quantitative estimate of drug-likeness (QED) is 0.882. The van der Waals surface area contributed by atoms with Crippen molar-refractivity contribution in [2.75, 3.05) is 5.32 Å². The van der Waals surface area contributed by atoms with Crippen molar-refractivity contribution in [2.45, 2.75) is 6.04 Å². The lowest BCUT2D eigenvalue weighted by atomic mass is 10.1. The molecule has 1 N–H and O–H groups in total. The van der Waals surface area contributed by atoms with E-state index in [4.69, 9.17) is 23.2 Å². The van der Waals surface area contributed by atoms with Crippen molar-refractivity contribution in [3.05, 3.63) is 63.9 Å². The van der Waals surface area contributed by atoms with Gasteiger partial charge in [-0.2, -0.15) is 5.26 Å². The van der Waals surface area contributed by atoms with Crippen LogP contribution in [-0.2, 0) is 0 Å². The highest BCUT2D eigenvalue weighted by Crippen LogP contribution is 2.24. The maximum Gasteiger partial charge on any atom is 0.141 e. The Labute approximate surface area is 120 Å². The second kappa shape index (κ2) is 5.92. The van der Waals surface area contributed by atoms with Crippen LogP contribution in [0.1, 0.15) is 11.6 Å². The molecule has 0 aliphatic rings. The van der Waals surface area contributed by atoms with Gasteiger partial charge in [0.05, 0.1) is 11.1 Å². The van der Waals surface area contributed by atoms with Crippen LogP contribution in [-0.4, -0.2) is 0 Å². The Kier molecular flexibility index (Phi) is 4.26. The van der Waals surface area contributed by atoms with E-state index in [9.17, 15) is 9.65 Å². The van der Waals surface area contributed by atoms with Crippen molar-refractivity contribution in [1.82, 2.24) is 0 Å². The molecular weight excluding hydrogens is 286 g/mol. The van der Waals surface area contributed by atoms with Gasteiger partial charge in [0.25, 0.3) is 0 Å². The van der Waals surface area contributed by atoms with Crippen LogP contribution >= 0.6 is 23.2 Å². The van der Waals surface area contributed by atoms with Crippen molar-refractivity contribution in [3.8, 4) is 6.07 Å². The van der Waals surface area contributed by atoms with Crippen molar-refractivity contribution in [3.63, 3.8) is 0 Å². The molecule has 0 aromatic heterocycles. The fourth-order valence-electron chi connectivity index (χ4n) is 1.59. The van der Waals surface area contributed by atoms with Crippen molar-refractivity contribution >= 4 is 28.9 Å². The molecule has 1 unspecified atom stereocenters. The Morgan fingerprint density at radius 2 is 1.79 bits per heavy atom. The van der Waals surface area contributed by atoms with Crippen LogP contribution in [0.4, 0.5) is 10.1 Å². The summed E-state index contributed by atoms with van der Waals surface area (Å²) in [6.07, 6.45) is 0. The summed E-state index contributed by atoms with van der Waals surface area (Å²) in [4.78, 5) is 0. The summed E-state index contributed by atoms with van der Waals surface area (Å²) >= 11 is 11.5. The van der Waals surface area contributed by atoms with Crippen LogP contribution in [0.3, 0.4) is 0 Å². The fourth-order valence-corrected chi connectivity index (χ4v) is 1.91. The summed E-state index contributed by atoms with van der Waals surface area (Å²) < 4.78 is 13.1. The van der Waals surface area contributed by atoms with E-state index in [1.165, 1.54) is 18.2 Å². The zero-order valence-electron chi connectivity index (χ0n) is 9.70. The molecule has 2 aromatic carbocycles. The third-order valence-electron chi connectivity index (χ3n) is 2.56. The molecular formula is C14H9Cl2FN2. The van der Waals surface area contributed by atoms with E-state index in [0.29, 0.717) is 10.6 Å². The lowest BCUT2D eigenvalue weighted by molar-refractivity contribution is 0.627. The van der Waals surface area contributed by atoms with Crippen LogP contribution in [0.25, 0.3) is 0 Å². The number of nitrogens with zero attached hydrogens (tertiary/aromatic N) is 1. The highest BCUT2D eigenvalue weighted by atomic mass is 35.5. The van der Waals surface area contributed by atoms with Crippen LogP contribution in [0, 0.1) is 17.1 Å². The molecule has 2 nitrogen and oxygen atoms in total. The van der Waals surface area contributed by atoms with Crippen LogP contribution < -0.4 is 5.32 Å². The van der Waals surface area contributed by atoms with Gasteiger partial charge in [0.2, 0.25) is 0 Å². The third kappa shape index (κ3) is 3.37. The first-order chi connectivity index (χ1) is 9.10. The van der Waals surface area contributed by atoms with Gasteiger partial charge in [0.15, 0.2) is 0 Å². The predicted molar refractivity (Wildman–Crippen MR) is 74.8 cm³/mol. The molecule has 0 aliphatic carbocycles. The molecule has 0 amide bonds. The van der Waals surface area contributed by atoms with Gasteiger partial charge in [0.1, 0.15) is 11.9 Å². The van der Waals surface area contributed by atoms with Gasteiger partial charge in [-0.25, -0.2) is 4.39 Å². The monoisotopic (exact) mass is 294 g/mol. The van der Waals surface area contributed by atoms with Crippen LogP contribution in [0.2, 0.25) is 10.0 Å². The van der Waals surface area contributed by atoms with Gasteiger partial charge < -0.3 is 5.32 Å². The molecule has 19 heavy (non-hydrogen) atoms. The average molecular weight is 295 g/mol. The zero-order chi connectivity index (χ0) is 13.8. The maximum atomic E-state index is 13.1. The number of nitrogens with one attached hydrogen (secondary N) is 1. The normalized spacial score (nSPS) is 11.7. The number of nitriles is 1. The van der Waals surface area contributed by atoms with E-state index in [0.717, 1.165) is 5.69 Å². The topological polar surface area (TPSA) is 35.8 Å². The minimum absolute atomic E-state index is 0.00402. The van der Waals surface area contributed by atoms with Gasteiger partial charge in [0, 0.05) is 10.7 Å². The number of hydrogen-bond acceptors (Lipinski definition) is 2. The van der Waals surface area contributed by atoms with E-state index in [2.05, 4.69) is 11.4 Å². The molecule has 2 rings (SSSR count). The number of halogens is 3. The first-order valence-corrected chi connectivity index (χ1v) is 6.22. The second-order valence-electron chi connectivity index (χ2n) is 3.89. The Morgan fingerprint density at radius 1 is 1.11 bits per heavy atom. The summed E-state index contributed by atoms with van der Waals surface area (Å²) in [5, 5.41) is 12.8. The van der Waals surface area contributed by atoms with Gasteiger partial charge >= 0.3 is 0 Å². The third-order valence-corrected chi connectivity index (χ3v) is 3.10. The Balaban J connectivity index is 2.23. The fraction of sp³-hybridized carbons (Fsp3) is 0.0714. The van der Waals surface area contributed by atoms with E-state index < -0.39 is 11.9 Å². The maximum absolute atomic E-state index is 13.1. The minimum Gasteiger partial charge on any atom is -0.366 e. The smallest absolute Gasteiger partial charge is 0.141 e. The van der Waals surface area contributed by atoms with Crippen LogP contribution in [0.15, 0.2) is 42.5 Å². The SMILES string of the molecule is N#CC(Nc1ccc(Cl)cc1)c1ccc(F)c(Cl)c1. The van der Waals surface area contributed by atoms with Gasteiger partial charge in [-0.15, -0.1) is 0 Å². The molecule has 96 valence electrons.